The number of ether oxygens (including phenoxy) is 1. The van der Waals surface area contributed by atoms with Gasteiger partial charge in [-0.25, -0.2) is 4.90 Å². The number of amides is 3. The third kappa shape index (κ3) is 6.07. The number of anilines is 3. The van der Waals surface area contributed by atoms with E-state index in [1.165, 1.54) is 0 Å². The van der Waals surface area contributed by atoms with Crippen molar-refractivity contribution in [2.45, 2.75) is 4.90 Å². The normalized spacial score (nSPS) is 13.0. The monoisotopic (exact) mass is 633 g/mol. The minimum absolute atomic E-state index is 0.156. The van der Waals surface area contributed by atoms with Crippen LogP contribution in [0.3, 0.4) is 0 Å². The molecule has 1 aliphatic heterocycles. The molecule has 2 N–H and O–H groups in total. The van der Waals surface area contributed by atoms with Gasteiger partial charge < -0.3 is 15.4 Å². The second kappa shape index (κ2) is 12.0. The minimum Gasteiger partial charge on any atom is -0.497 e. The lowest BCUT2D eigenvalue weighted by atomic mass is 10.2. The molecule has 0 spiro atoms. The molecule has 0 radical (unpaired) electrons. The van der Waals surface area contributed by atoms with Gasteiger partial charge in [0, 0.05) is 31.3 Å². The van der Waals surface area contributed by atoms with Gasteiger partial charge in [-0.15, -0.1) is 0 Å². The summed E-state index contributed by atoms with van der Waals surface area (Å²) < 4.78 is 6.09. The number of nitrogens with zero attached hydrogens (tertiary/aromatic N) is 1. The Bertz CT molecular complexity index is 1620. The smallest absolute Gasteiger partial charge is 0.283 e. The Balaban J connectivity index is 1.44. The van der Waals surface area contributed by atoms with Gasteiger partial charge in [0.2, 0.25) is 0 Å². The molecule has 1 aliphatic rings. The molecule has 10 heteroatoms. The fourth-order valence-corrected chi connectivity index (χ4v) is 5.30. The molecule has 4 aromatic carbocycles. The lowest BCUT2D eigenvalue weighted by Gasteiger charge is -2.15. The van der Waals surface area contributed by atoms with E-state index in [1.54, 1.807) is 92.0 Å². The Morgan fingerprint density at radius 2 is 1.57 bits per heavy atom. The zero-order valence-corrected chi connectivity index (χ0v) is 24.1. The molecule has 0 saturated heterocycles. The highest BCUT2D eigenvalue weighted by Crippen LogP contribution is 2.39. The Morgan fingerprint density at radius 3 is 2.25 bits per heavy atom. The standard InChI is InChI=1S/C30H21BrClN3O4S/c1-39-24-15-13-23(14-16-24)35-29(37)26(33-21-11-7-19(31)8-12-21)27(30(35)38)40-25-4-2-3-22(17-25)34-28(36)18-5-9-20(32)10-6-18/h2-17,33H,1H3,(H,34,36). The van der Waals surface area contributed by atoms with Gasteiger partial charge in [0.1, 0.15) is 16.4 Å². The van der Waals surface area contributed by atoms with Crippen molar-refractivity contribution in [3.8, 4) is 5.75 Å². The van der Waals surface area contributed by atoms with E-state index in [-0.39, 0.29) is 16.5 Å². The number of hydrogen-bond donors (Lipinski definition) is 2. The summed E-state index contributed by atoms with van der Waals surface area (Å²) >= 11 is 10.5. The molecule has 1 heterocycles. The highest BCUT2D eigenvalue weighted by Gasteiger charge is 2.40. The Hall–Kier alpha value is -4.05. The van der Waals surface area contributed by atoms with Crippen molar-refractivity contribution in [2.24, 2.45) is 0 Å². The van der Waals surface area contributed by atoms with Crippen molar-refractivity contribution in [3.05, 3.63) is 123 Å². The molecular formula is C30H21BrClN3O4S. The highest BCUT2D eigenvalue weighted by molar-refractivity contribution is 9.10. The molecule has 0 fully saturated rings. The summed E-state index contributed by atoms with van der Waals surface area (Å²) in [5, 5.41) is 6.53. The SMILES string of the molecule is COc1ccc(N2C(=O)C(Nc3ccc(Br)cc3)=C(Sc3cccc(NC(=O)c4ccc(Cl)cc4)c3)C2=O)cc1. The average molecular weight is 635 g/mol. The van der Waals surface area contributed by atoms with Gasteiger partial charge in [0.05, 0.1) is 12.8 Å². The average Bonchev–Trinajstić information content (AvgIpc) is 3.18. The van der Waals surface area contributed by atoms with Crippen LogP contribution < -0.4 is 20.3 Å². The van der Waals surface area contributed by atoms with E-state index in [1.807, 2.05) is 12.1 Å². The van der Waals surface area contributed by atoms with Crippen molar-refractivity contribution in [1.29, 1.82) is 0 Å². The number of thioether (sulfide) groups is 1. The van der Waals surface area contributed by atoms with Gasteiger partial charge in [0.25, 0.3) is 17.7 Å². The predicted molar refractivity (Wildman–Crippen MR) is 162 cm³/mol. The molecule has 0 bridgehead atoms. The third-order valence-corrected chi connectivity index (χ3v) is 7.76. The summed E-state index contributed by atoms with van der Waals surface area (Å²) in [4.78, 5) is 42.0. The first-order valence-electron chi connectivity index (χ1n) is 12.0. The first-order chi connectivity index (χ1) is 19.3. The van der Waals surface area contributed by atoms with Crippen LogP contribution in [0.4, 0.5) is 17.1 Å². The van der Waals surface area contributed by atoms with E-state index < -0.39 is 11.8 Å². The Labute approximate surface area is 248 Å². The maximum atomic E-state index is 13.7. The topological polar surface area (TPSA) is 87.7 Å². The summed E-state index contributed by atoms with van der Waals surface area (Å²) in [7, 11) is 1.55. The summed E-state index contributed by atoms with van der Waals surface area (Å²) in [6.45, 7) is 0. The molecule has 3 amide bonds. The molecule has 0 atom stereocenters. The van der Waals surface area contributed by atoms with Gasteiger partial charge in [-0.05, 0) is 91.0 Å². The zero-order valence-electron chi connectivity index (χ0n) is 21.0. The van der Waals surface area contributed by atoms with E-state index in [0.717, 1.165) is 21.1 Å². The van der Waals surface area contributed by atoms with Crippen LogP contribution in [-0.2, 0) is 9.59 Å². The molecule has 0 aliphatic carbocycles. The number of hydrogen-bond acceptors (Lipinski definition) is 6. The minimum atomic E-state index is -0.479. The summed E-state index contributed by atoms with van der Waals surface area (Å²) in [6, 6.07) is 27.6. The highest BCUT2D eigenvalue weighted by atomic mass is 79.9. The first kappa shape index (κ1) is 27.5. The number of benzene rings is 4. The van der Waals surface area contributed by atoms with Crippen molar-refractivity contribution in [2.75, 3.05) is 22.6 Å². The number of carbonyl (C=O) groups excluding carboxylic acids is 3. The van der Waals surface area contributed by atoms with Gasteiger partial charge in [-0.1, -0.05) is 45.4 Å². The molecule has 0 saturated carbocycles. The number of rotatable bonds is 8. The second-order valence-electron chi connectivity index (χ2n) is 8.57. The number of nitrogens with one attached hydrogen (secondary N) is 2. The van der Waals surface area contributed by atoms with E-state index in [2.05, 4.69) is 26.6 Å². The number of carbonyl (C=O) groups is 3. The molecule has 0 unspecified atom stereocenters. The van der Waals surface area contributed by atoms with Crippen LogP contribution in [0.15, 0.2) is 117 Å². The summed E-state index contributed by atoms with van der Waals surface area (Å²) in [5.41, 5.74) is 2.22. The Morgan fingerprint density at radius 1 is 0.875 bits per heavy atom. The van der Waals surface area contributed by atoms with Gasteiger partial charge in [-0.3, -0.25) is 14.4 Å². The fourth-order valence-electron chi connectivity index (χ4n) is 3.92. The van der Waals surface area contributed by atoms with E-state index in [9.17, 15) is 14.4 Å². The van der Waals surface area contributed by atoms with Crippen molar-refractivity contribution < 1.29 is 19.1 Å². The van der Waals surface area contributed by atoms with E-state index in [0.29, 0.717) is 38.3 Å². The quantitative estimate of drug-likeness (QED) is 0.197. The lowest BCUT2D eigenvalue weighted by molar-refractivity contribution is -0.120. The molecule has 40 heavy (non-hydrogen) atoms. The summed E-state index contributed by atoms with van der Waals surface area (Å²) in [5.74, 6) is -0.632. The second-order valence-corrected chi connectivity index (χ2v) is 11.0. The molecule has 7 nitrogen and oxygen atoms in total. The van der Waals surface area contributed by atoms with Crippen LogP contribution >= 0.6 is 39.3 Å². The Kier molecular flexibility index (Phi) is 8.25. The largest absolute Gasteiger partial charge is 0.497 e. The van der Waals surface area contributed by atoms with Crippen LogP contribution in [0, 0.1) is 0 Å². The lowest BCUT2D eigenvalue weighted by Crippen LogP contribution is -2.32. The van der Waals surface area contributed by atoms with Gasteiger partial charge in [0.15, 0.2) is 0 Å². The van der Waals surface area contributed by atoms with Gasteiger partial charge in [-0.2, -0.15) is 0 Å². The van der Waals surface area contributed by atoms with E-state index in [4.69, 9.17) is 16.3 Å². The van der Waals surface area contributed by atoms with Gasteiger partial charge >= 0.3 is 0 Å². The van der Waals surface area contributed by atoms with Crippen LogP contribution in [0.25, 0.3) is 0 Å². The van der Waals surface area contributed by atoms with Crippen molar-refractivity contribution in [1.82, 2.24) is 0 Å². The van der Waals surface area contributed by atoms with Crippen molar-refractivity contribution in [3.63, 3.8) is 0 Å². The predicted octanol–water partition coefficient (Wildman–Crippen LogP) is 7.35. The molecule has 200 valence electrons. The first-order valence-corrected chi connectivity index (χ1v) is 14.0. The molecule has 0 aromatic heterocycles. The molecule has 5 rings (SSSR count). The number of halogens is 2. The number of imide groups is 1. The van der Waals surface area contributed by atoms with Crippen molar-refractivity contribution >= 4 is 74.1 Å². The maximum absolute atomic E-state index is 13.7. The summed E-state index contributed by atoms with van der Waals surface area (Å²) in [6.07, 6.45) is 0. The maximum Gasteiger partial charge on any atom is 0.283 e. The zero-order chi connectivity index (χ0) is 28.2. The van der Waals surface area contributed by atoms with Crippen LogP contribution in [0.5, 0.6) is 5.75 Å². The van der Waals surface area contributed by atoms with Crippen LogP contribution in [-0.4, -0.2) is 24.8 Å². The number of methoxy groups -OCH3 is 1. The van der Waals surface area contributed by atoms with Crippen LogP contribution in [0.1, 0.15) is 10.4 Å². The van der Waals surface area contributed by atoms with Crippen LogP contribution in [0.2, 0.25) is 5.02 Å². The fraction of sp³-hybridized carbons (Fsp3) is 0.0333. The third-order valence-electron chi connectivity index (χ3n) is 5.90. The molecule has 4 aromatic rings. The van der Waals surface area contributed by atoms with E-state index >= 15 is 0 Å². The molecular weight excluding hydrogens is 614 g/mol.